The van der Waals surface area contributed by atoms with Crippen molar-refractivity contribution in [2.45, 2.75) is 12.5 Å². The third-order valence-electron chi connectivity index (χ3n) is 3.90. The maximum Gasteiger partial charge on any atom is 0.257 e. The van der Waals surface area contributed by atoms with Crippen molar-refractivity contribution >= 4 is 33.6 Å². The number of nitrogens with one attached hydrogen (secondary N) is 2. The summed E-state index contributed by atoms with van der Waals surface area (Å²) in [6.07, 6.45) is 2.20. The lowest BCUT2D eigenvalue weighted by atomic mass is 9.94. The van der Waals surface area contributed by atoms with Crippen molar-refractivity contribution in [1.29, 1.82) is 0 Å². The van der Waals surface area contributed by atoms with Gasteiger partial charge in [-0.1, -0.05) is 48.0 Å². The van der Waals surface area contributed by atoms with Gasteiger partial charge in [-0.05, 0) is 41.3 Å². The third kappa shape index (κ3) is 4.48. The van der Waals surface area contributed by atoms with Crippen LogP contribution in [-0.2, 0) is 21.2 Å². The molecule has 1 aliphatic heterocycles. The average molecular weight is 377 g/mol. The van der Waals surface area contributed by atoms with Gasteiger partial charge in [0.15, 0.2) is 0 Å². The van der Waals surface area contributed by atoms with Gasteiger partial charge in [-0.15, -0.1) is 0 Å². The zero-order valence-electron chi connectivity index (χ0n) is 13.3. The number of carbonyl (C=O) groups excluding carboxylic acids is 1. The van der Waals surface area contributed by atoms with Crippen molar-refractivity contribution in [3.05, 3.63) is 75.7 Å². The van der Waals surface area contributed by atoms with Crippen LogP contribution in [0.2, 0.25) is 5.02 Å². The maximum atomic E-state index is 12.4. The predicted octanol–water partition coefficient (Wildman–Crippen LogP) is 2.64. The zero-order chi connectivity index (χ0) is 17.9. The Morgan fingerprint density at radius 2 is 2.00 bits per heavy atom. The fraction of sp³-hybridized carbons (Fsp3) is 0.167. The summed E-state index contributed by atoms with van der Waals surface area (Å²) in [5.74, 6) is -0.595. The van der Waals surface area contributed by atoms with Crippen LogP contribution in [-0.4, -0.2) is 20.9 Å². The molecule has 0 aromatic heterocycles. The van der Waals surface area contributed by atoms with Crippen molar-refractivity contribution in [1.82, 2.24) is 10.0 Å². The first-order valence-electron chi connectivity index (χ1n) is 7.76. The number of sulfonamides is 1. The number of rotatable bonds is 4. The first-order valence-corrected chi connectivity index (χ1v) is 9.68. The van der Waals surface area contributed by atoms with Crippen molar-refractivity contribution < 1.29 is 13.2 Å². The molecule has 0 aliphatic carbocycles. The largest absolute Gasteiger partial charge is 0.302 e. The van der Waals surface area contributed by atoms with Gasteiger partial charge in [0.2, 0.25) is 0 Å². The van der Waals surface area contributed by atoms with Crippen LogP contribution in [0, 0.1) is 0 Å². The molecule has 0 saturated carbocycles. The minimum absolute atomic E-state index is 0.506. The van der Waals surface area contributed by atoms with Gasteiger partial charge in [0.1, 0.15) is 6.04 Å². The van der Waals surface area contributed by atoms with E-state index in [1.54, 1.807) is 24.3 Å². The molecule has 130 valence electrons. The first-order chi connectivity index (χ1) is 11.9. The van der Waals surface area contributed by atoms with Gasteiger partial charge in [-0.2, -0.15) is 0 Å². The molecular weight excluding hydrogens is 360 g/mol. The summed E-state index contributed by atoms with van der Waals surface area (Å²) in [7, 11) is -3.91. The molecule has 1 amide bonds. The average Bonchev–Trinajstić information content (AvgIpc) is 2.59. The molecule has 0 bridgehead atoms. The van der Waals surface area contributed by atoms with Gasteiger partial charge in [-0.25, -0.2) is 13.1 Å². The number of fused-ring (bicyclic) bond motifs is 1. The van der Waals surface area contributed by atoms with Gasteiger partial charge in [0.25, 0.3) is 15.9 Å². The smallest absolute Gasteiger partial charge is 0.257 e. The van der Waals surface area contributed by atoms with Crippen molar-refractivity contribution in [3.8, 4) is 0 Å². The highest BCUT2D eigenvalue weighted by Gasteiger charge is 2.27. The molecule has 2 aromatic carbocycles. The van der Waals surface area contributed by atoms with E-state index < -0.39 is 22.0 Å². The molecule has 5 nitrogen and oxygen atoms in total. The molecule has 0 saturated heterocycles. The van der Waals surface area contributed by atoms with Gasteiger partial charge in [0.05, 0.1) is 5.41 Å². The number of hydrogen-bond acceptors (Lipinski definition) is 4. The highest BCUT2D eigenvalue weighted by molar-refractivity contribution is 7.93. The van der Waals surface area contributed by atoms with Crippen LogP contribution in [0.25, 0.3) is 6.08 Å². The first kappa shape index (κ1) is 17.7. The lowest BCUT2D eigenvalue weighted by Crippen LogP contribution is -2.42. The number of carbonyl (C=O) groups is 1. The van der Waals surface area contributed by atoms with Crippen LogP contribution in [0.1, 0.15) is 22.7 Å². The number of benzene rings is 2. The minimum Gasteiger partial charge on any atom is -0.302 e. The highest BCUT2D eigenvalue weighted by atomic mass is 35.5. The summed E-state index contributed by atoms with van der Waals surface area (Å²) in [6.45, 7) is 0.619. The van der Waals surface area contributed by atoms with E-state index in [4.69, 9.17) is 11.6 Å². The molecule has 2 aromatic rings. The minimum atomic E-state index is -3.91. The van der Waals surface area contributed by atoms with Gasteiger partial charge in [0, 0.05) is 11.6 Å². The summed E-state index contributed by atoms with van der Waals surface area (Å²) in [6, 6.07) is 13.6. The van der Waals surface area contributed by atoms with E-state index in [9.17, 15) is 13.2 Å². The van der Waals surface area contributed by atoms with E-state index >= 15 is 0 Å². The lowest BCUT2D eigenvalue weighted by Gasteiger charge is -2.25. The molecule has 0 radical (unpaired) electrons. The van der Waals surface area contributed by atoms with Crippen molar-refractivity contribution in [2.75, 3.05) is 6.54 Å². The van der Waals surface area contributed by atoms with Crippen LogP contribution in [0.5, 0.6) is 0 Å². The molecule has 1 aliphatic rings. The van der Waals surface area contributed by atoms with E-state index in [-0.39, 0.29) is 0 Å². The molecule has 0 spiro atoms. The Morgan fingerprint density at radius 1 is 1.20 bits per heavy atom. The quantitative estimate of drug-likeness (QED) is 0.860. The molecule has 1 heterocycles. The topological polar surface area (TPSA) is 75.3 Å². The van der Waals surface area contributed by atoms with Crippen LogP contribution in [0.4, 0.5) is 0 Å². The third-order valence-corrected chi connectivity index (χ3v) is 5.12. The molecule has 0 fully saturated rings. The van der Waals surface area contributed by atoms with Crippen LogP contribution in [0.3, 0.4) is 0 Å². The van der Waals surface area contributed by atoms with Crippen molar-refractivity contribution in [3.63, 3.8) is 0 Å². The van der Waals surface area contributed by atoms with E-state index in [1.807, 2.05) is 24.3 Å². The fourth-order valence-electron chi connectivity index (χ4n) is 2.75. The Morgan fingerprint density at radius 3 is 2.80 bits per heavy atom. The van der Waals surface area contributed by atoms with Crippen LogP contribution in [0.15, 0.2) is 53.9 Å². The lowest BCUT2D eigenvalue weighted by molar-refractivity contribution is -0.121. The second-order valence-electron chi connectivity index (χ2n) is 5.71. The van der Waals surface area contributed by atoms with Crippen molar-refractivity contribution in [2.24, 2.45) is 0 Å². The Balaban J connectivity index is 1.74. The monoisotopic (exact) mass is 376 g/mol. The van der Waals surface area contributed by atoms with E-state index in [0.717, 1.165) is 23.0 Å². The molecule has 3 rings (SSSR count). The predicted molar refractivity (Wildman–Crippen MR) is 98.4 cm³/mol. The Labute approximate surface area is 151 Å². The van der Waals surface area contributed by atoms with Gasteiger partial charge >= 0.3 is 0 Å². The Hall–Kier alpha value is -2.15. The SMILES string of the molecule is O=C(NS(=O)(=O)C=Cc1cccc(Cl)c1)C1NCCc2ccccc21. The Kier molecular flexibility index (Phi) is 5.22. The molecule has 1 unspecified atom stereocenters. The summed E-state index contributed by atoms with van der Waals surface area (Å²) >= 11 is 5.87. The molecule has 25 heavy (non-hydrogen) atoms. The van der Waals surface area contributed by atoms with E-state index in [0.29, 0.717) is 17.1 Å². The second kappa shape index (κ2) is 7.39. The maximum absolute atomic E-state index is 12.4. The second-order valence-corrected chi connectivity index (χ2v) is 7.71. The normalized spacial score (nSPS) is 17.2. The highest BCUT2D eigenvalue weighted by Crippen LogP contribution is 2.23. The fourth-order valence-corrected chi connectivity index (χ4v) is 3.75. The standard InChI is InChI=1S/C18H17ClN2O3S/c19-15-6-3-4-13(12-15)9-11-25(23,24)21-18(22)17-16-7-2-1-5-14(16)8-10-20-17/h1-7,9,11-12,17,20H,8,10H2,(H,21,22). The zero-order valence-corrected chi connectivity index (χ0v) is 14.8. The van der Waals surface area contributed by atoms with Crippen LogP contribution < -0.4 is 10.0 Å². The summed E-state index contributed by atoms with van der Waals surface area (Å²) < 4.78 is 26.5. The number of amides is 1. The van der Waals surface area contributed by atoms with Gasteiger partial charge < -0.3 is 5.32 Å². The van der Waals surface area contributed by atoms with Gasteiger partial charge in [-0.3, -0.25) is 4.79 Å². The van der Waals surface area contributed by atoms with Crippen LogP contribution >= 0.6 is 11.6 Å². The van der Waals surface area contributed by atoms with E-state index in [1.165, 1.54) is 6.08 Å². The molecule has 7 heteroatoms. The molecule has 2 N–H and O–H groups in total. The van der Waals surface area contributed by atoms with E-state index in [2.05, 4.69) is 10.0 Å². The number of hydrogen-bond donors (Lipinski definition) is 2. The number of halogens is 1. The Bertz CT molecular complexity index is 925. The molecule has 1 atom stereocenters. The molecular formula is C18H17ClN2O3S. The summed E-state index contributed by atoms with van der Waals surface area (Å²) in [5.41, 5.74) is 2.49. The summed E-state index contributed by atoms with van der Waals surface area (Å²) in [4.78, 5) is 12.4. The summed E-state index contributed by atoms with van der Waals surface area (Å²) in [5, 5.41) is 4.53.